The summed E-state index contributed by atoms with van der Waals surface area (Å²) in [5.41, 5.74) is 1.68. The molecule has 0 spiro atoms. The number of benzene rings is 2. The Morgan fingerprint density at radius 2 is 1.93 bits per heavy atom. The first-order chi connectivity index (χ1) is 14.7. The van der Waals surface area contributed by atoms with Gasteiger partial charge in [-0.25, -0.2) is 9.78 Å². The Morgan fingerprint density at radius 3 is 2.83 bits per heavy atom. The summed E-state index contributed by atoms with van der Waals surface area (Å²) < 4.78 is 23.3. The zero-order chi connectivity index (χ0) is 20.5. The number of hydrogen-bond donors (Lipinski definition) is 0. The molecule has 0 radical (unpaired) electrons. The molecule has 5 rings (SSSR count). The zero-order valence-corrected chi connectivity index (χ0v) is 17.2. The molecule has 0 atom stereocenters. The number of aromatic nitrogens is 1. The van der Waals surface area contributed by atoms with Gasteiger partial charge in [-0.2, -0.15) is 0 Å². The van der Waals surface area contributed by atoms with E-state index in [4.69, 9.17) is 23.3 Å². The normalized spacial score (nSPS) is 11.5. The van der Waals surface area contributed by atoms with Crippen LogP contribution in [-0.2, 0) is 6.42 Å². The van der Waals surface area contributed by atoms with Crippen molar-refractivity contribution in [3.63, 3.8) is 0 Å². The molecule has 0 saturated carbocycles. The summed E-state index contributed by atoms with van der Waals surface area (Å²) >= 11 is 1.72. The topological polar surface area (TPSA) is 74.7 Å². The summed E-state index contributed by atoms with van der Waals surface area (Å²) in [5, 5.41) is 2.75. The van der Waals surface area contributed by atoms with E-state index >= 15 is 0 Å². The largest absolute Gasteiger partial charge is 0.497 e. The standard InChI is InChI=1S/C23H19NO5S/c1-26-14-5-7-20-17(12-14)24-21(30-20)4-2-3-10-28-23-15-6-8-22(25)29-19(15)13-18-16(23)9-11-27-18/h5-9,11-13H,2-4,10H2,1H3. The highest BCUT2D eigenvalue weighted by molar-refractivity contribution is 7.18. The van der Waals surface area contributed by atoms with Crippen LogP contribution in [0.15, 0.2) is 62.4 Å². The highest BCUT2D eigenvalue weighted by Gasteiger charge is 2.13. The van der Waals surface area contributed by atoms with Crippen LogP contribution in [0.25, 0.3) is 32.2 Å². The molecule has 152 valence electrons. The van der Waals surface area contributed by atoms with Crippen molar-refractivity contribution in [3.8, 4) is 11.5 Å². The van der Waals surface area contributed by atoms with E-state index in [0.29, 0.717) is 23.5 Å². The van der Waals surface area contributed by atoms with Gasteiger partial charge in [-0.05, 0) is 43.5 Å². The summed E-state index contributed by atoms with van der Waals surface area (Å²) in [7, 11) is 1.66. The lowest BCUT2D eigenvalue weighted by Crippen LogP contribution is -2.01. The summed E-state index contributed by atoms with van der Waals surface area (Å²) in [6.07, 6.45) is 4.35. The highest BCUT2D eigenvalue weighted by Crippen LogP contribution is 2.35. The Labute approximate surface area is 175 Å². The molecule has 0 saturated heterocycles. The smallest absolute Gasteiger partial charge is 0.336 e. The molecule has 5 aromatic rings. The number of furan rings is 1. The van der Waals surface area contributed by atoms with Crippen LogP contribution in [0.3, 0.4) is 0 Å². The number of fused-ring (bicyclic) bond motifs is 3. The van der Waals surface area contributed by atoms with Gasteiger partial charge in [0.2, 0.25) is 0 Å². The maximum Gasteiger partial charge on any atom is 0.336 e. The predicted octanol–water partition coefficient (Wildman–Crippen LogP) is 5.56. The molecule has 3 aromatic heterocycles. The molecule has 2 aromatic carbocycles. The molecule has 0 aliphatic carbocycles. The maximum atomic E-state index is 11.6. The lowest BCUT2D eigenvalue weighted by atomic mass is 10.1. The third kappa shape index (κ3) is 3.52. The van der Waals surface area contributed by atoms with E-state index in [1.807, 2.05) is 24.3 Å². The number of nitrogens with zero attached hydrogens (tertiary/aromatic N) is 1. The Kier molecular flexibility index (Phi) is 4.88. The summed E-state index contributed by atoms with van der Waals surface area (Å²) in [6, 6.07) is 12.7. The van der Waals surface area contributed by atoms with E-state index in [1.165, 1.54) is 10.8 Å². The summed E-state index contributed by atoms with van der Waals surface area (Å²) in [5.74, 6) is 1.51. The van der Waals surface area contributed by atoms with Crippen molar-refractivity contribution in [2.24, 2.45) is 0 Å². The van der Waals surface area contributed by atoms with Gasteiger partial charge in [0, 0.05) is 18.2 Å². The molecule has 0 aliphatic heterocycles. The second-order valence-corrected chi connectivity index (χ2v) is 8.07. The molecule has 3 heterocycles. The molecule has 0 fully saturated rings. The number of aryl methyl sites for hydroxylation is 1. The van der Waals surface area contributed by atoms with E-state index in [2.05, 4.69) is 0 Å². The van der Waals surface area contributed by atoms with E-state index in [0.717, 1.165) is 46.3 Å². The number of ether oxygens (including phenoxy) is 2. The van der Waals surface area contributed by atoms with Gasteiger partial charge in [-0.3, -0.25) is 0 Å². The molecule has 0 N–H and O–H groups in total. The first kappa shape index (κ1) is 18.7. The third-order valence-electron chi connectivity index (χ3n) is 4.98. The number of unbranched alkanes of at least 4 members (excludes halogenated alkanes) is 1. The first-order valence-electron chi connectivity index (χ1n) is 9.71. The highest BCUT2D eigenvalue weighted by atomic mass is 32.1. The van der Waals surface area contributed by atoms with Crippen LogP contribution < -0.4 is 15.1 Å². The van der Waals surface area contributed by atoms with E-state index in [1.54, 1.807) is 36.8 Å². The molecule has 0 amide bonds. The molecular formula is C23H19NO5S. The molecular weight excluding hydrogens is 402 g/mol. The minimum Gasteiger partial charge on any atom is -0.497 e. The van der Waals surface area contributed by atoms with Gasteiger partial charge in [0.1, 0.15) is 22.7 Å². The van der Waals surface area contributed by atoms with Gasteiger partial charge in [0.05, 0.1) is 46.0 Å². The fraction of sp³-hybridized carbons (Fsp3) is 0.217. The number of hydrogen-bond acceptors (Lipinski definition) is 7. The SMILES string of the molecule is COc1ccc2sc(CCCCOc3c4ccoc4cc4oc(=O)ccc34)nc2c1. The van der Waals surface area contributed by atoms with Crippen molar-refractivity contribution in [1.82, 2.24) is 4.98 Å². The quantitative estimate of drug-likeness (QED) is 0.253. The monoisotopic (exact) mass is 421 g/mol. The minimum absolute atomic E-state index is 0.396. The van der Waals surface area contributed by atoms with Gasteiger partial charge in [0.15, 0.2) is 0 Å². The lowest BCUT2D eigenvalue weighted by molar-refractivity contribution is 0.313. The molecule has 0 aliphatic rings. The van der Waals surface area contributed by atoms with Crippen molar-refractivity contribution in [2.45, 2.75) is 19.3 Å². The van der Waals surface area contributed by atoms with Crippen LogP contribution in [0.4, 0.5) is 0 Å². The molecule has 0 bridgehead atoms. The fourth-order valence-corrected chi connectivity index (χ4v) is 4.50. The van der Waals surface area contributed by atoms with Crippen molar-refractivity contribution in [1.29, 1.82) is 0 Å². The number of rotatable bonds is 7. The number of methoxy groups -OCH3 is 1. The molecule has 7 heteroatoms. The minimum atomic E-state index is -0.396. The van der Waals surface area contributed by atoms with Crippen LogP contribution in [0.5, 0.6) is 11.5 Å². The van der Waals surface area contributed by atoms with Crippen molar-refractivity contribution < 1.29 is 18.3 Å². The van der Waals surface area contributed by atoms with E-state index in [-0.39, 0.29) is 0 Å². The Bertz CT molecular complexity index is 1400. The van der Waals surface area contributed by atoms with Gasteiger partial charge in [-0.15, -0.1) is 11.3 Å². The van der Waals surface area contributed by atoms with Gasteiger partial charge < -0.3 is 18.3 Å². The molecule has 6 nitrogen and oxygen atoms in total. The van der Waals surface area contributed by atoms with Crippen LogP contribution >= 0.6 is 11.3 Å². The zero-order valence-electron chi connectivity index (χ0n) is 16.3. The van der Waals surface area contributed by atoms with Crippen LogP contribution in [-0.4, -0.2) is 18.7 Å². The van der Waals surface area contributed by atoms with Crippen LogP contribution in [0, 0.1) is 0 Å². The fourth-order valence-electron chi connectivity index (χ4n) is 3.51. The maximum absolute atomic E-state index is 11.6. The van der Waals surface area contributed by atoms with Crippen LogP contribution in [0.1, 0.15) is 17.8 Å². The third-order valence-corrected chi connectivity index (χ3v) is 6.08. The van der Waals surface area contributed by atoms with Gasteiger partial charge >= 0.3 is 5.63 Å². The van der Waals surface area contributed by atoms with Gasteiger partial charge in [-0.1, -0.05) is 0 Å². The average Bonchev–Trinajstić information content (AvgIpc) is 3.38. The second-order valence-electron chi connectivity index (χ2n) is 6.95. The Balaban J connectivity index is 1.26. The summed E-state index contributed by atoms with van der Waals surface area (Å²) in [6.45, 7) is 0.553. The lowest BCUT2D eigenvalue weighted by Gasteiger charge is -2.09. The Morgan fingerprint density at radius 1 is 1.03 bits per heavy atom. The van der Waals surface area contributed by atoms with Gasteiger partial charge in [0.25, 0.3) is 0 Å². The van der Waals surface area contributed by atoms with Crippen molar-refractivity contribution in [2.75, 3.05) is 13.7 Å². The average molecular weight is 421 g/mol. The predicted molar refractivity (Wildman–Crippen MR) is 117 cm³/mol. The van der Waals surface area contributed by atoms with E-state index < -0.39 is 5.63 Å². The Hall–Kier alpha value is -3.32. The summed E-state index contributed by atoms with van der Waals surface area (Å²) in [4.78, 5) is 16.3. The molecule has 30 heavy (non-hydrogen) atoms. The van der Waals surface area contributed by atoms with Crippen molar-refractivity contribution >= 4 is 43.5 Å². The first-order valence-corrected chi connectivity index (χ1v) is 10.5. The number of thiazole rings is 1. The van der Waals surface area contributed by atoms with Crippen LogP contribution in [0.2, 0.25) is 0 Å². The van der Waals surface area contributed by atoms with Crippen molar-refractivity contribution in [3.05, 3.63) is 64.2 Å². The molecule has 0 unspecified atom stereocenters. The van der Waals surface area contributed by atoms with E-state index in [9.17, 15) is 4.79 Å². The second kappa shape index (κ2) is 7.84.